The summed E-state index contributed by atoms with van der Waals surface area (Å²) in [6.07, 6.45) is 0. The monoisotopic (exact) mass is 406 g/mol. The molecule has 6 heteroatoms. The van der Waals surface area contributed by atoms with Crippen molar-refractivity contribution < 1.29 is 14.3 Å². The number of rotatable bonds is 7. The highest BCUT2D eigenvalue weighted by Gasteiger charge is 2.07. The molecule has 3 aromatic carbocycles. The third-order valence-electron chi connectivity index (χ3n) is 4.12. The molecule has 148 valence electrons. The lowest BCUT2D eigenvalue weighted by molar-refractivity contribution is -0.113. The first-order valence-corrected chi connectivity index (χ1v) is 10.1. The largest absolute Gasteiger partial charge is 0.497 e. The van der Waals surface area contributed by atoms with Crippen LogP contribution in [0.1, 0.15) is 15.9 Å². The number of aryl methyl sites for hydroxylation is 1. The van der Waals surface area contributed by atoms with Gasteiger partial charge in [-0.2, -0.15) is 0 Å². The number of thioether (sulfide) groups is 1. The molecule has 0 aromatic heterocycles. The molecule has 3 rings (SSSR count). The van der Waals surface area contributed by atoms with Gasteiger partial charge in [-0.15, -0.1) is 11.8 Å². The van der Waals surface area contributed by atoms with Crippen LogP contribution in [0.5, 0.6) is 5.75 Å². The molecule has 0 heterocycles. The summed E-state index contributed by atoms with van der Waals surface area (Å²) in [5.41, 5.74) is 3.07. The van der Waals surface area contributed by atoms with Crippen molar-refractivity contribution >= 4 is 35.0 Å². The van der Waals surface area contributed by atoms with E-state index in [4.69, 9.17) is 4.74 Å². The number of nitrogens with one attached hydrogen (secondary N) is 2. The van der Waals surface area contributed by atoms with Crippen LogP contribution in [0.25, 0.3) is 0 Å². The van der Waals surface area contributed by atoms with Crippen molar-refractivity contribution in [2.45, 2.75) is 11.8 Å². The summed E-state index contributed by atoms with van der Waals surface area (Å²) in [4.78, 5) is 25.4. The highest BCUT2D eigenvalue weighted by molar-refractivity contribution is 8.00. The van der Waals surface area contributed by atoms with Crippen molar-refractivity contribution in [3.8, 4) is 5.75 Å². The van der Waals surface area contributed by atoms with Crippen molar-refractivity contribution in [2.24, 2.45) is 0 Å². The molecule has 0 aliphatic carbocycles. The first-order valence-electron chi connectivity index (χ1n) is 9.08. The minimum atomic E-state index is -0.147. The molecule has 0 aliphatic rings. The predicted octanol–water partition coefficient (Wildman–Crippen LogP) is 4.99. The van der Waals surface area contributed by atoms with Crippen LogP contribution < -0.4 is 15.4 Å². The second-order valence-electron chi connectivity index (χ2n) is 6.42. The van der Waals surface area contributed by atoms with Gasteiger partial charge < -0.3 is 15.4 Å². The van der Waals surface area contributed by atoms with Gasteiger partial charge in [0.1, 0.15) is 5.75 Å². The van der Waals surface area contributed by atoms with Gasteiger partial charge in [0.25, 0.3) is 5.91 Å². The predicted molar refractivity (Wildman–Crippen MR) is 118 cm³/mol. The van der Waals surface area contributed by atoms with Crippen LogP contribution in [-0.4, -0.2) is 24.7 Å². The van der Waals surface area contributed by atoms with Crippen LogP contribution >= 0.6 is 11.8 Å². The number of anilines is 2. The van der Waals surface area contributed by atoms with E-state index in [2.05, 4.69) is 10.6 Å². The van der Waals surface area contributed by atoms with Crippen LogP contribution in [-0.2, 0) is 4.79 Å². The van der Waals surface area contributed by atoms with Gasteiger partial charge in [0.05, 0.1) is 12.9 Å². The molecule has 0 saturated heterocycles. The van der Waals surface area contributed by atoms with Crippen molar-refractivity contribution in [3.63, 3.8) is 0 Å². The third-order valence-corrected chi connectivity index (χ3v) is 5.13. The number of carbonyl (C=O) groups excluding carboxylic acids is 2. The highest BCUT2D eigenvalue weighted by atomic mass is 32.2. The lowest BCUT2D eigenvalue weighted by Crippen LogP contribution is -2.14. The number of amides is 2. The van der Waals surface area contributed by atoms with Gasteiger partial charge in [-0.3, -0.25) is 9.59 Å². The standard InChI is InChI=1S/C23H22N2O3S/c1-16-5-3-6-17(13-16)23(27)25-18-9-11-21(12-10-18)29-15-22(26)24-19-7-4-8-20(14-19)28-2/h3-14H,15H2,1-2H3,(H,24,26)(H,25,27). The maximum Gasteiger partial charge on any atom is 0.255 e. The zero-order chi connectivity index (χ0) is 20.6. The summed E-state index contributed by atoms with van der Waals surface area (Å²) in [7, 11) is 1.59. The zero-order valence-electron chi connectivity index (χ0n) is 16.3. The summed E-state index contributed by atoms with van der Waals surface area (Å²) in [5.74, 6) is 0.734. The molecule has 3 aromatic rings. The molecule has 5 nitrogen and oxygen atoms in total. The van der Waals surface area contributed by atoms with Crippen molar-refractivity contribution in [2.75, 3.05) is 23.5 Å². The van der Waals surface area contributed by atoms with Crippen molar-refractivity contribution in [1.82, 2.24) is 0 Å². The molecule has 2 amide bonds. The third kappa shape index (κ3) is 6.12. The molecule has 0 bridgehead atoms. The number of methoxy groups -OCH3 is 1. The van der Waals surface area contributed by atoms with Gasteiger partial charge in [-0.25, -0.2) is 0 Å². The molecule has 0 atom stereocenters. The molecule has 0 saturated carbocycles. The van der Waals surface area contributed by atoms with Gasteiger partial charge in [0.2, 0.25) is 5.91 Å². The normalized spacial score (nSPS) is 10.3. The van der Waals surface area contributed by atoms with Gasteiger partial charge in [-0.05, 0) is 55.5 Å². The minimum absolute atomic E-state index is 0.0971. The Hall–Kier alpha value is -3.25. The first kappa shape index (κ1) is 20.5. The van der Waals surface area contributed by atoms with E-state index >= 15 is 0 Å². The Bertz CT molecular complexity index is 1000. The Balaban J connectivity index is 1.51. The van der Waals surface area contributed by atoms with Gasteiger partial charge in [0, 0.05) is 27.9 Å². The average Bonchev–Trinajstić information content (AvgIpc) is 2.73. The maximum atomic E-state index is 12.3. The fourth-order valence-electron chi connectivity index (χ4n) is 2.67. The molecule has 0 radical (unpaired) electrons. The van der Waals surface area contributed by atoms with E-state index in [0.717, 1.165) is 10.5 Å². The van der Waals surface area contributed by atoms with Crippen LogP contribution in [0.4, 0.5) is 11.4 Å². The van der Waals surface area contributed by atoms with Crippen LogP contribution in [0.2, 0.25) is 0 Å². The second-order valence-corrected chi connectivity index (χ2v) is 7.47. The second kappa shape index (κ2) is 9.80. The van der Waals surface area contributed by atoms with E-state index in [1.54, 1.807) is 19.2 Å². The van der Waals surface area contributed by atoms with E-state index in [1.807, 2.05) is 67.6 Å². The summed E-state index contributed by atoms with van der Waals surface area (Å²) in [6, 6.07) is 22.1. The quantitative estimate of drug-likeness (QED) is 0.543. The lowest BCUT2D eigenvalue weighted by Gasteiger charge is -2.08. The Morgan fingerprint density at radius 3 is 2.38 bits per heavy atom. The van der Waals surface area contributed by atoms with E-state index < -0.39 is 0 Å². The van der Waals surface area contributed by atoms with E-state index in [0.29, 0.717) is 22.7 Å². The molecular weight excluding hydrogens is 384 g/mol. The average molecular weight is 407 g/mol. The highest BCUT2D eigenvalue weighted by Crippen LogP contribution is 2.22. The summed E-state index contributed by atoms with van der Waals surface area (Å²) in [6.45, 7) is 1.95. The SMILES string of the molecule is COc1cccc(NC(=O)CSc2ccc(NC(=O)c3cccc(C)c3)cc2)c1. The van der Waals surface area contributed by atoms with Gasteiger partial charge >= 0.3 is 0 Å². The molecule has 0 aliphatic heterocycles. The molecule has 29 heavy (non-hydrogen) atoms. The molecular formula is C23H22N2O3S. The first-order chi connectivity index (χ1) is 14.0. The van der Waals surface area contributed by atoms with Gasteiger partial charge in [0.15, 0.2) is 0 Å². The van der Waals surface area contributed by atoms with E-state index in [9.17, 15) is 9.59 Å². The van der Waals surface area contributed by atoms with E-state index in [-0.39, 0.29) is 17.6 Å². The van der Waals surface area contributed by atoms with E-state index in [1.165, 1.54) is 11.8 Å². The number of carbonyl (C=O) groups is 2. The number of benzene rings is 3. The Labute approximate surface area is 174 Å². The molecule has 0 spiro atoms. The fraction of sp³-hybridized carbons (Fsp3) is 0.130. The van der Waals surface area contributed by atoms with Gasteiger partial charge in [-0.1, -0.05) is 23.8 Å². The molecule has 2 N–H and O–H groups in total. The Morgan fingerprint density at radius 2 is 1.66 bits per heavy atom. The molecule has 0 fully saturated rings. The van der Waals surface area contributed by atoms with Crippen molar-refractivity contribution in [1.29, 1.82) is 0 Å². The zero-order valence-corrected chi connectivity index (χ0v) is 17.1. The van der Waals surface area contributed by atoms with Crippen LogP contribution in [0.3, 0.4) is 0 Å². The number of hydrogen-bond acceptors (Lipinski definition) is 4. The number of ether oxygens (including phenoxy) is 1. The van der Waals surface area contributed by atoms with Crippen LogP contribution in [0, 0.1) is 6.92 Å². The van der Waals surface area contributed by atoms with Crippen LogP contribution in [0.15, 0.2) is 77.7 Å². The topological polar surface area (TPSA) is 67.4 Å². The summed E-state index contributed by atoms with van der Waals surface area (Å²) < 4.78 is 5.15. The fourth-order valence-corrected chi connectivity index (χ4v) is 3.37. The Morgan fingerprint density at radius 1 is 0.897 bits per heavy atom. The summed E-state index contributed by atoms with van der Waals surface area (Å²) in [5, 5.41) is 5.73. The lowest BCUT2D eigenvalue weighted by atomic mass is 10.1. The number of hydrogen-bond donors (Lipinski definition) is 2. The van der Waals surface area contributed by atoms with Crippen molar-refractivity contribution in [3.05, 3.63) is 83.9 Å². The maximum absolute atomic E-state index is 12.3. The Kier molecular flexibility index (Phi) is 6.92. The summed E-state index contributed by atoms with van der Waals surface area (Å²) >= 11 is 1.43. The molecule has 0 unspecified atom stereocenters. The minimum Gasteiger partial charge on any atom is -0.497 e. The smallest absolute Gasteiger partial charge is 0.255 e.